The van der Waals surface area contributed by atoms with Gasteiger partial charge in [0.1, 0.15) is 14.0 Å². The van der Waals surface area contributed by atoms with Gasteiger partial charge >= 0.3 is 5.97 Å². The summed E-state index contributed by atoms with van der Waals surface area (Å²) in [6.07, 6.45) is 0.261. The van der Waals surface area contributed by atoms with Crippen LogP contribution in [-0.2, 0) is 14.3 Å². The van der Waals surface area contributed by atoms with E-state index in [4.69, 9.17) is 17.3 Å². The van der Waals surface area contributed by atoms with Crippen molar-refractivity contribution in [1.29, 1.82) is 0 Å². The zero-order valence-corrected chi connectivity index (χ0v) is 9.28. The van der Waals surface area contributed by atoms with Crippen molar-refractivity contribution in [3.63, 3.8) is 0 Å². The van der Waals surface area contributed by atoms with Gasteiger partial charge in [-0.2, -0.15) is 0 Å². The van der Waals surface area contributed by atoms with Crippen molar-refractivity contribution >= 4 is 29.7 Å². The normalized spacial score (nSPS) is 39.9. The van der Waals surface area contributed by atoms with Crippen LogP contribution in [0.2, 0.25) is 0 Å². The third-order valence-electron chi connectivity index (χ3n) is 1.97. The van der Waals surface area contributed by atoms with Crippen LogP contribution >= 0.6 is 15.9 Å². The fraction of sp³-hybridized carbons (Fsp3) is 0.875. The molecule has 1 fully saturated rings. The van der Waals surface area contributed by atoms with Gasteiger partial charge < -0.3 is 9.47 Å². The first kappa shape index (κ1) is 11.1. The summed E-state index contributed by atoms with van der Waals surface area (Å²) < 4.78 is 10.4. The molecule has 0 N–H and O–H groups in total. The average Bonchev–Trinajstić information content (AvgIpc) is 1.96. The lowest BCUT2D eigenvalue weighted by Gasteiger charge is -2.36. The first-order chi connectivity index (χ1) is 6.00. The van der Waals surface area contributed by atoms with E-state index in [1.807, 2.05) is 6.92 Å². The van der Waals surface area contributed by atoms with E-state index in [0.29, 0.717) is 6.42 Å². The Balaban J connectivity index is 2.56. The van der Waals surface area contributed by atoms with Crippen LogP contribution in [0, 0.1) is 0 Å². The maximum atomic E-state index is 10.8. The molecular formula is C8H12BBrO3. The van der Waals surface area contributed by atoms with Crippen molar-refractivity contribution in [3.8, 4) is 0 Å². The molecule has 0 aromatic carbocycles. The number of ether oxygens (including phenoxy) is 2. The van der Waals surface area contributed by atoms with Gasteiger partial charge in [-0.05, 0) is 13.3 Å². The molecule has 0 aromatic heterocycles. The summed E-state index contributed by atoms with van der Waals surface area (Å²) in [6, 6.07) is -0.272. The minimum Gasteiger partial charge on any atom is -0.459 e. The number of hydrogen-bond donors (Lipinski definition) is 0. The van der Waals surface area contributed by atoms with Gasteiger partial charge in [-0.25, -0.2) is 0 Å². The van der Waals surface area contributed by atoms with Crippen molar-refractivity contribution in [1.82, 2.24) is 0 Å². The van der Waals surface area contributed by atoms with E-state index < -0.39 is 0 Å². The van der Waals surface area contributed by atoms with Gasteiger partial charge in [0, 0.05) is 12.9 Å². The molecule has 1 aliphatic rings. The number of rotatable bonds is 1. The second-order valence-electron chi connectivity index (χ2n) is 3.21. The molecule has 1 rings (SSSR count). The molecule has 1 heterocycles. The van der Waals surface area contributed by atoms with Crippen LogP contribution in [0.4, 0.5) is 0 Å². The first-order valence-corrected chi connectivity index (χ1v) is 5.14. The first-order valence-electron chi connectivity index (χ1n) is 4.23. The molecule has 72 valence electrons. The molecule has 0 aliphatic carbocycles. The summed E-state index contributed by atoms with van der Waals surface area (Å²) in [7, 11) is 5.62. The number of carbonyl (C=O) groups excluding carboxylic acids is 1. The lowest BCUT2D eigenvalue weighted by molar-refractivity contribution is -0.160. The molecule has 4 atom stereocenters. The Kier molecular flexibility index (Phi) is 3.80. The Morgan fingerprint density at radius 3 is 2.77 bits per heavy atom. The SMILES string of the molecule is [B]C1CC(Br)C(OC(C)=O)C(C)O1. The van der Waals surface area contributed by atoms with E-state index >= 15 is 0 Å². The maximum absolute atomic E-state index is 10.8. The van der Waals surface area contributed by atoms with Gasteiger partial charge in [0.25, 0.3) is 0 Å². The minimum atomic E-state index is -0.291. The highest BCUT2D eigenvalue weighted by atomic mass is 79.9. The van der Waals surface area contributed by atoms with Crippen molar-refractivity contribution in [2.45, 2.75) is 43.3 Å². The van der Waals surface area contributed by atoms with E-state index in [2.05, 4.69) is 15.9 Å². The summed E-state index contributed by atoms with van der Waals surface area (Å²) >= 11 is 3.43. The summed E-state index contributed by atoms with van der Waals surface area (Å²) in [5.74, 6) is -0.291. The van der Waals surface area contributed by atoms with Crippen molar-refractivity contribution in [3.05, 3.63) is 0 Å². The Labute approximate surface area is 87.7 Å². The van der Waals surface area contributed by atoms with Gasteiger partial charge in [-0.15, -0.1) is 0 Å². The molecule has 0 bridgehead atoms. The molecule has 0 saturated carbocycles. The monoisotopic (exact) mass is 246 g/mol. The Morgan fingerprint density at radius 2 is 2.31 bits per heavy atom. The predicted octanol–water partition coefficient (Wildman–Crippen LogP) is 0.985. The summed E-state index contributed by atoms with van der Waals surface area (Å²) in [4.78, 5) is 10.8. The molecule has 0 aromatic rings. The fourth-order valence-corrected chi connectivity index (χ4v) is 2.33. The zero-order chi connectivity index (χ0) is 10.0. The van der Waals surface area contributed by atoms with Crippen LogP contribution in [0.1, 0.15) is 20.3 Å². The maximum Gasteiger partial charge on any atom is 0.303 e. The van der Waals surface area contributed by atoms with Crippen molar-refractivity contribution < 1.29 is 14.3 Å². The highest BCUT2D eigenvalue weighted by molar-refractivity contribution is 9.09. The van der Waals surface area contributed by atoms with Gasteiger partial charge in [0.2, 0.25) is 0 Å². The van der Waals surface area contributed by atoms with Crippen LogP contribution < -0.4 is 0 Å². The smallest absolute Gasteiger partial charge is 0.303 e. The predicted molar refractivity (Wildman–Crippen MR) is 53.0 cm³/mol. The average molecular weight is 247 g/mol. The fourth-order valence-electron chi connectivity index (χ4n) is 1.42. The molecule has 3 nitrogen and oxygen atoms in total. The van der Waals surface area contributed by atoms with E-state index in [1.165, 1.54) is 6.92 Å². The molecule has 5 heteroatoms. The zero-order valence-electron chi connectivity index (χ0n) is 7.70. The van der Waals surface area contributed by atoms with E-state index in [1.54, 1.807) is 0 Å². The summed E-state index contributed by atoms with van der Waals surface area (Å²) in [5, 5.41) is 0. The molecule has 1 aliphatic heterocycles. The molecule has 0 spiro atoms. The summed E-state index contributed by atoms with van der Waals surface area (Å²) in [6.45, 7) is 3.24. The quantitative estimate of drug-likeness (QED) is 0.393. The number of esters is 1. The number of alkyl halides is 1. The van der Waals surface area contributed by atoms with Crippen LogP contribution in [0.15, 0.2) is 0 Å². The van der Waals surface area contributed by atoms with Crippen molar-refractivity contribution in [2.24, 2.45) is 0 Å². The van der Waals surface area contributed by atoms with E-state index in [0.717, 1.165) is 0 Å². The Bertz CT molecular complexity index is 188. The van der Waals surface area contributed by atoms with Crippen molar-refractivity contribution in [2.75, 3.05) is 0 Å². The number of carbonyl (C=O) groups is 1. The number of hydrogen-bond acceptors (Lipinski definition) is 3. The second-order valence-corrected chi connectivity index (χ2v) is 4.38. The van der Waals surface area contributed by atoms with Gasteiger partial charge in [0.05, 0.1) is 10.9 Å². The lowest BCUT2D eigenvalue weighted by Crippen LogP contribution is -2.46. The van der Waals surface area contributed by atoms with Gasteiger partial charge in [-0.1, -0.05) is 15.9 Å². The highest BCUT2D eigenvalue weighted by Crippen LogP contribution is 2.26. The lowest BCUT2D eigenvalue weighted by atomic mass is 9.89. The molecular weight excluding hydrogens is 235 g/mol. The topological polar surface area (TPSA) is 35.5 Å². The minimum absolute atomic E-state index is 0.0788. The van der Waals surface area contributed by atoms with Crippen LogP contribution in [0.3, 0.4) is 0 Å². The standard InChI is InChI=1S/C8H12BBrO3/c1-4-8(13-5(2)11)6(10)3-7(9)12-4/h4,6-8H,3H2,1-2H3. The Morgan fingerprint density at radius 1 is 1.69 bits per heavy atom. The van der Waals surface area contributed by atoms with Crippen LogP contribution in [0.5, 0.6) is 0 Å². The molecule has 4 unspecified atom stereocenters. The third-order valence-corrected chi connectivity index (χ3v) is 2.86. The van der Waals surface area contributed by atoms with Gasteiger partial charge in [0.15, 0.2) is 0 Å². The highest BCUT2D eigenvalue weighted by Gasteiger charge is 2.35. The van der Waals surface area contributed by atoms with E-state index in [9.17, 15) is 4.79 Å². The Hall–Kier alpha value is -0.0251. The van der Waals surface area contributed by atoms with Crippen LogP contribution in [-0.4, -0.2) is 36.9 Å². The molecule has 0 amide bonds. The number of halogens is 1. The van der Waals surface area contributed by atoms with Crippen LogP contribution in [0.25, 0.3) is 0 Å². The van der Waals surface area contributed by atoms with E-state index in [-0.39, 0.29) is 29.0 Å². The molecule has 1 saturated heterocycles. The second kappa shape index (κ2) is 4.46. The molecule has 2 radical (unpaired) electrons. The largest absolute Gasteiger partial charge is 0.459 e. The van der Waals surface area contributed by atoms with Gasteiger partial charge in [-0.3, -0.25) is 4.79 Å². The third kappa shape index (κ3) is 2.99. The summed E-state index contributed by atoms with van der Waals surface area (Å²) in [5.41, 5.74) is 0. The molecule has 13 heavy (non-hydrogen) atoms.